The number of amides is 3. The Hall–Kier alpha value is -2.24. The predicted molar refractivity (Wildman–Crippen MR) is 73.4 cm³/mol. The van der Waals surface area contributed by atoms with Crippen LogP contribution in [0.15, 0.2) is 18.2 Å². The second kappa shape index (κ2) is 7.25. The van der Waals surface area contributed by atoms with E-state index in [1.165, 1.54) is 13.2 Å². The number of unbranched alkanes of at least 4 members (excludes halogenated alkanes) is 1. The number of carbonyl (C=O) groups is 2. The number of hydrogen-bond donors (Lipinski definition) is 3. The summed E-state index contributed by atoms with van der Waals surface area (Å²) in [5.41, 5.74) is 5.91. The standard InChI is InChI=1S/C13H19N3O3/c1-3-4-7-15-13(18)16-10-8-9(12(14)17)5-6-11(10)19-2/h5-6,8H,3-4,7H2,1-2H3,(H2,14,17)(H2,15,16,18). The maximum atomic E-state index is 11.6. The van der Waals surface area contributed by atoms with Gasteiger partial charge in [0.15, 0.2) is 0 Å². The third kappa shape index (κ3) is 4.50. The molecule has 1 aromatic carbocycles. The van der Waals surface area contributed by atoms with Crippen LogP contribution in [-0.4, -0.2) is 25.6 Å². The van der Waals surface area contributed by atoms with Crippen LogP contribution in [0.1, 0.15) is 30.1 Å². The van der Waals surface area contributed by atoms with Crippen LogP contribution < -0.4 is 21.1 Å². The number of rotatable bonds is 6. The van der Waals surface area contributed by atoms with E-state index in [0.717, 1.165) is 12.8 Å². The molecule has 3 amide bonds. The lowest BCUT2D eigenvalue weighted by molar-refractivity contribution is 0.1000. The Kier molecular flexibility index (Phi) is 5.66. The average Bonchev–Trinajstić information content (AvgIpc) is 2.38. The van der Waals surface area contributed by atoms with Crippen molar-refractivity contribution in [2.75, 3.05) is 19.0 Å². The monoisotopic (exact) mass is 265 g/mol. The van der Waals surface area contributed by atoms with Gasteiger partial charge in [-0.3, -0.25) is 4.79 Å². The topological polar surface area (TPSA) is 93.5 Å². The van der Waals surface area contributed by atoms with Crippen molar-refractivity contribution in [2.24, 2.45) is 5.73 Å². The van der Waals surface area contributed by atoms with Crippen LogP contribution in [0.25, 0.3) is 0 Å². The molecule has 0 unspecified atom stereocenters. The van der Waals surface area contributed by atoms with E-state index in [4.69, 9.17) is 10.5 Å². The van der Waals surface area contributed by atoms with Gasteiger partial charge in [-0.05, 0) is 24.6 Å². The summed E-state index contributed by atoms with van der Waals surface area (Å²) in [6.07, 6.45) is 1.91. The lowest BCUT2D eigenvalue weighted by atomic mass is 10.2. The first-order chi connectivity index (χ1) is 9.08. The van der Waals surface area contributed by atoms with E-state index in [-0.39, 0.29) is 6.03 Å². The van der Waals surface area contributed by atoms with Gasteiger partial charge in [0.1, 0.15) is 5.75 Å². The number of anilines is 1. The van der Waals surface area contributed by atoms with Crippen molar-refractivity contribution in [3.05, 3.63) is 23.8 Å². The number of methoxy groups -OCH3 is 1. The van der Waals surface area contributed by atoms with Crippen LogP contribution in [0.3, 0.4) is 0 Å². The number of urea groups is 1. The Morgan fingerprint density at radius 3 is 2.68 bits per heavy atom. The minimum absolute atomic E-state index is 0.310. The highest BCUT2D eigenvalue weighted by molar-refractivity contribution is 5.97. The smallest absolute Gasteiger partial charge is 0.319 e. The van der Waals surface area contributed by atoms with Crippen LogP contribution in [0.5, 0.6) is 5.75 Å². The minimum atomic E-state index is -0.558. The summed E-state index contributed by atoms with van der Waals surface area (Å²) in [5.74, 6) is -0.0901. The molecule has 1 aromatic rings. The molecule has 0 fully saturated rings. The SMILES string of the molecule is CCCCNC(=O)Nc1cc(C(N)=O)ccc1OC. The van der Waals surface area contributed by atoms with Gasteiger partial charge >= 0.3 is 6.03 Å². The van der Waals surface area contributed by atoms with E-state index in [2.05, 4.69) is 10.6 Å². The van der Waals surface area contributed by atoms with Crippen LogP contribution in [0, 0.1) is 0 Å². The largest absolute Gasteiger partial charge is 0.495 e. The van der Waals surface area contributed by atoms with Crippen molar-refractivity contribution in [2.45, 2.75) is 19.8 Å². The molecular formula is C13H19N3O3. The number of benzene rings is 1. The first-order valence-corrected chi connectivity index (χ1v) is 6.11. The van der Waals surface area contributed by atoms with Crippen LogP contribution in [0.2, 0.25) is 0 Å². The molecule has 6 nitrogen and oxygen atoms in total. The zero-order chi connectivity index (χ0) is 14.3. The number of hydrogen-bond acceptors (Lipinski definition) is 3. The quantitative estimate of drug-likeness (QED) is 0.683. The Bertz CT molecular complexity index is 460. The lowest BCUT2D eigenvalue weighted by Gasteiger charge is -2.12. The number of nitrogens with one attached hydrogen (secondary N) is 2. The molecule has 1 rings (SSSR count). The molecule has 104 valence electrons. The van der Waals surface area contributed by atoms with Crippen LogP contribution in [-0.2, 0) is 0 Å². The number of primary amides is 1. The summed E-state index contributed by atoms with van der Waals surface area (Å²) in [4.78, 5) is 22.7. The Morgan fingerprint density at radius 2 is 2.11 bits per heavy atom. The molecule has 4 N–H and O–H groups in total. The molecule has 0 radical (unpaired) electrons. The second-order valence-electron chi connectivity index (χ2n) is 4.01. The molecule has 0 saturated carbocycles. The van der Waals surface area contributed by atoms with Crippen molar-refractivity contribution in [1.82, 2.24) is 5.32 Å². The van der Waals surface area contributed by atoms with Crippen molar-refractivity contribution in [1.29, 1.82) is 0 Å². The summed E-state index contributed by atoms with van der Waals surface area (Å²) < 4.78 is 5.11. The van der Waals surface area contributed by atoms with E-state index < -0.39 is 5.91 Å². The van der Waals surface area contributed by atoms with Crippen molar-refractivity contribution in [3.63, 3.8) is 0 Å². The van der Waals surface area contributed by atoms with E-state index >= 15 is 0 Å². The van der Waals surface area contributed by atoms with Gasteiger partial charge in [0.05, 0.1) is 12.8 Å². The number of nitrogens with two attached hydrogens (primary N) is 1. The van der Waals surface area contributed by atoms with Crippen molar-refractivity contribution < 1.29 is 14.3 Å². The van der Waals surface area contributed by atoms with Gasteiger partial charge in [0.25, 0.3) is 0 Å². The van der Waals surface area contributed by atoms with Gasteiger partial charge in [-0.15, -0.1) is 0 Å². The zero-order valence-corrected chi connectivity index (χ0v) is 11.2. The molecule has 0 saturated heterocycles. The molecular weight excluding hydrogens is 246 g/mol. The Morgan fingerprint density at radius 1 is 1.37 bits per heavy atom. The minimum Gasteiger partial charge on any atom is -0.495 e. The number of ether oxygens (including phenoxy) is 1. The van der Waals surface area contributed by atoms with Crippen LogP contribution >= 0.6 is 0 Å². The predicted octanol–water partition coefficient (Wildman–Crippen LogP) is 1.72. The fourth-order valence-electron chi connectivity index (χ4n) is 1.50. The zero-order valence-electron chi connectivity index (χ0n) is 11.2. The fourth-order valence-corrected chi connectivity index (χ4v) is 1.50. The highest BCUT2D eigenvalue weighted by atomic mass is 16.5. The third-order valence-electron chi connectivity index (χ3n) is 2.55. The van der Waals surface area contributed by atoms with Gasteiger partial charge in [-0.25, -0.2) is 4.79 Å². The highest BCUT2D eigenvalue weighted by Crippen LogP contribution is 2.25. The van der Waals surface area contributed by atoms with Crippen LogP contribution in [0.4, 0.5) is 10.5 Å². The van der Waals surface area contributed by atoms with Gasteiger partial charge < -0.3 is 21.1 Å². The van der Waals surface area contributed by atoms with Gasteiger partial charge in [-0.1, -0.05) is 13.3 Å². The van der Waals surface area contributed by atoms with E-state index in [0.29, 0.717) is 23.5 Å². The van der Waals surface area contributed by atoms with Crippen molar-refractivity contribution >= 4 is 17.6 Å². The molecule has 0 aliphatic heterocycles. The number of carbonyl (C=O) groups excluding carboxylic acids is 2. The summed E-state index contributed by atoms with van der Waals surface area (Å²) >= 11 is 0. The Balaban J connectivity index is 2.77. The molecule has 0 bridgehead atoms. The van der Waals surface area contributed by atoms with Gasteiger partial charge in [0, 0.05) is 12.1 Å². The summed E-state index contributed by atoms with van der Waals surface area (Å²) in [6.45, 7) is 2.64. The molecule has 0 aliphatic rings. The second-order valence-corrected chi connectivity index (χ2v) is 4.01. The maximum absolute atomic E-state index is 11.6. The van der Waals surface area contributed by atoms with E-state index in [9.17, 15) is 9.59 Å². The van der Waals surface area contributed by atoms with E-state index in [1.54, 1.807) is 12.1 Å². The third-order valence-corrected chi connectivity index (χ3v) is 2.55. The maximum Gasteiger partial charge on any atom is 0.319 e. The molecule has 6 heteroatoms. The van der Waals surface area contributed by atoms with Gasteiger partial charge in [-0.2, -0.15) is 0 Å². The summed E-state index contributed by atoms with van der Waals surface area (Å²) in [7, 11) is 1.49. The molecule has 0 heterocycles. The average molecular weight is 265 g/mol. The molecule has 0 spiro atoms. The van der Waals surface area contributed by atoms with Crippen molar-refractivity contribution in [3.8, 4) is 5.75 Å². The fraction of sp³-hybridized carbons (Fsp3) is 0.385. The molecule has 0 aliphatic carbocycles. The highest BCUT2D eigenvalue weighted by Gasteiger charge is 2.10. The van der Waals surface area contributed by atoms with Gasteiger partial charge in [0.2, 0.25) is 5.91 Å². The summed E-state index contributed by atoms with van der Waals surface area (Å²) in [6, 6.07) is 4.28. The molecule has 0 aromatic heterocycles. The normalized spacial score (nSPS) is 9.79. The first kappa shape index (κ1) is 14.8. The molecule has 19 heavy (non-hydrogen) atoms. The first-order valence-electron chi connectivity index (χ1n) is 6.11. The Labute approximate surface area is 112 Å². The summed E-state index contributed by atoms with van der Waals surface area (Å²) in [5, 5.41) is 5.34. The molecule has 0 atom stereocenters. The lowest BCUT2D eigenvalue weighted by Crippen LogP contribution is -2.29. The van der Waals surface area contributed by atoms with E-state index in [1.807, 2.05) is 6.92 Å².